The molecule has 0 spiro atoms. The molecule has 0 radical (unpaired) electrons. The van der Waals surface area contributed by atoms with Crippen LogP contribution in [0.1, 0.15) is 20.8 Å². The fourth-order valence-electron chi connectivity index (χ4n) is 2.80. The summed E-state index contributed by atoms with van der Waals surface area (Å²) in [6.07, 6.45) is 0. The predicted molar refractivity (Wildman–Crippen MR) is 98.3 cm³/mol. The fourth-order valence-corrected chi connectivity index (χ4v) is 2.80. The van der Waals surface area contributed by atoms with Crippen molar-refractivity contribution in [1.29, 1.82) is 0 Å². The molecule has 0 fully saturated rings. The van der Waals surface area contributed by atoms with E-state index >= 15 is 0 Å². The molecular weight excluding hydrogens is 386 g/mol. The number of halogens is 2. The van der Waals surface area contributed by atoms with Gasteiger partial charge in [-0.1, -0.05) is 30.3 Å². The Kier molecular flexibility index (Phi) is 5.87. The van der Waals surface area contributed by atoms with Crippen LogP contribution in [0.4, 0.5) is 8.78 Å². The highest BCUT2D eigenvalue weighted by Gasteiger charge is 2.32. The lowest BCUT2D eigenvalue weighted by Gasteiger charge is -2.10. The number of esters is 2. The van der Waals surface area contributed by atoms with Crippen LogP contribution in [-0.2, 0) is 9.47 Å². The zero-order valence-electron chi connectivity index (χ0n) is 15.5. The average molecular weight is 402 g/mol. The van der Waals surface area contributed by atoms with E-state index in [9.17, 15) is 18.4 Å². The van der Waals surface area contributed by atoms with E-state index in [0.717, 1.165) is 14.2 Å². The summed E-state index contributed by atoms with van der Waals surface area (Å²) in [6.45, 7) is -3.09. The molecule has 9 heteroatoms. The summed E-state index contributed by atoms with van der Waals surface area (Å²) < 4.78 is 41.1. The van der Waals surface area contributed by atoms with Gasteiger partial charge in [-0.15, -0.1) is 0 Å². The summed E-state index contributed by atoms with van der Waals surface area (Å²) in [6, 6.07) is 14.3. The number of ether oxygens (including phenoxy) is 3. The Balaban J connectivity index is 2.35. The summed E-state index contributed by atoms with van der Waals surface area (Å²) in [5.74, 6) is -1.93. The maximum absolute atomic E-state index is 12.9. The molecule has 0 atom stereocenters. The van der Waals surface area contributed by atoms with Crippen LogP contribution in [0.3, 0.4) is 0 Å². The van der Waals surface area contributed by atoms with E-state index in [1.165, 1.54) is 22.9 Å². The Bertz CT molecular complexity index is 1030. The molecule has 0 aliphatic carbocycles. The lowest BCUT2D eigenvalue weighted by molar-refractivity contribution is -0.0494. The van der Waals surface area contributed by atoms with Gasteiger partial charge in [-0.3, -0.25) is 0 Å². The SMILES string of the molecule is COC(=O)c1c(-c2ccccc2OC(F)F)nn(-c2ccccc2)c1C(=O)OC. The second kappa shape index (κ2) is 8.51. The van der Waals surface area contributed by atoms with Gasteiger partial charge in [0.05, 0.1) is 19.9 Å². The highest BCUT2D eigenvalue weighted by molar-refractivity contribution is 6.07. The Morgan fingerprint density at radius 2 is 1.55 bits per heavy atom. The molecule has 0 saturated heterocycles. The van der Waals surface area contributed by atoms with Crippen molar-refractivity contribution in [2.45, 2.75) is 6.61 Å². The second-order valence-electron chi connectivity index (χ2n) is 5.68. The summed E-state index contributed by atoms with van der Waals surface area (Å²) in [5, 5.41) is 4.35. The maximum atomic E-state index is 12.9. The predicted octanol–water partition coefficient (Wildman–Crippen LogP) is 3.71. The number of hydrogen-bond donors (Lipinski definition) is 0. The molecule has 3 rings (SSSR count). The van der Waals surface area contributed by atoms with Crippen molar-refractivity contribution in [2.75, 3.05) is 14.2 Å². The lowest BCUT2D eigenvalue weighted by Crippen LogP contribution is -2.15. The van der Waals surface area contributed by atoms with Crippen LogP contribution in [0.15, 0.2) is 54.6 Å². The topological polar surface area (TPSA) is 79.7 Å². The summed E-state index contributed by atoms with van der Waals surface area (Å²) in [5.41, 5.74) is 0.0582. The van der Waals surface area contributed by atoms with E-state index in [4.69, 9.17) is 9.47 Å². The first-order valence-electron chi connectivity index (χ1n) is 8.37. The van der Waals surface area contributed by atoms with Gasteiger partial charge in [0.2, 0.25) is 0 Å². The summed E-state index contributed by atoms with van der Waals surface area (Å²) in [7, 11) is 2.29. The fraction of sp³-hybridized carbons (Fsp3) is 0.150. The highest BCUT2D eigenvalue weighted by atomic mass is 19.3. The molecule has 7 nitrogen and oxygen atoms in total. The summed E-state index contributed by atoms with van der Waals surface area (Å²) in [4.78, 5) is 25.1. The van der Waals surface area contributed by atoms with Crippen LogP contribution in [0.2, 0.25) is 0 Å². The number of carbonyl (C=O) groups excluding carboxylic acids is 2. The molecule has 0 saturated carbocycles. The van der Waals surface area contributed by atoms with Crippen molar-refractivity contribution in [1.82, 2.24) is 9.78 Å². The maximum Gasteiger partial charge on any atom is 0.387 e. The first-order valence-corrected chi connectivity index (χ1v) is 8.37. The Morgan fingerprint density at radius 3 is 2.17 bits per heavy atom. The van der Waals surface area contributed by atoms with Gasteiger partial charge < -0.3 is 14.2 Å². The summed E-state index contributed by atoms with van der Waals surface area (Å²) >= 11 is 0. The Hall–Kier alpha value is -3.75. The number of carbonyl (C=O) groups is 2. The molecule has 150 valence electrons. The molecular formula is C20H16F2N2O5. The third-order valence-electron chi connectivity index (χ3n) is 4.01. The number of para-hydroxylation sites is 2. The molecule has 1 heterocycles. The normalized spacial score (nSPS) is 10.7. The third kappa shape index (κ3) is 3.93. The molecule has 0 aliphatic heterocycles. The van der Waals surface area contributed by atoms with Crippen molar-refractivity contribution in [2.24, 2.45) is 0 Å². The van der Waals surface area contributed by atoms with Gasteiger partial charge in [0.1, 0.15) is 17.0 Å². The van der Waals surface area contributed by atoms with Crippen molar-refractivity contribution >= 4 is 11.9 Å². The number of aromatic nitrogens is 2. The molecule has 1 aromatic heterocycles. The van der Waals surface area contributed by atoms with Crippen molar-refractivity contribution in [3.8, 4) is 22.7 Å². The van der Waals surface area contributed by atoms with Crippen LogP contribution in [0.5, 0.6) is 5.75 Å². The number of rotatable bonds is 6. The van der Waals surface area contributed by atoms with Crippen LogP contribution >= 0.6 is 0 Å². The van der Waals surface area contributed by atoms with Crippen LogP contribution in [-0.4, -0.2) is 42.6 Å². The van der Waals surface area contributed by atoms with Gasteiger partial charge in [-0.25, -0.2) is 14.3 Å². The number of methoxy groups -OCH3 is 2. The molecule has 0 bridgehead atoms. The molecule has 2 aromatic carbocycles. The van der Waals surface area contributed by atoms with Crippen molar-refractivity contribution in [3.05, 3.63) is 65.9 Å². The van der Waals surface area contributed by atoms with Gasteiger partial charge >= 0.3 is 18.6 Å². The smallest absolute Gasteiger partial charge is 0.387 e. The van der Waals surface area contributed by atoms with E-state index in [0.29, 0.717) is 5.69 Å². The third-order valence-corrected chi connectivity index (χ3v) is 4.01. The van der Waals surface area contributed by atoms with Gasteiger partial charge in [0.25, 0.3) is 0 Å². The van der Waals surface area contributed by atoms with Gasteiger partial charge in [0, 0.05) is 5.56 Å². The van der Waals surface area contributed by atoms with Crippen LogP contribution < -0.4 is 4.74 Å². The number of nitrogens with zero attached hydrogens (tertiary/aromatic N) is 2. The largest absolute Gasteiger partial charge is 0.465 e. The number of hydrogen-bond acceptors (Lipinski definition) is 6. The number of benzene rings is 2. The van der Waals surface area contributed by atoms with E-state index in [1.807, 2.05) is 0 Å². The van der Waals surface area contributed by atoms with Crippen molar-refractivity contribution < 1.29 is 32.6 Å². The molecule has 0 amide bonds. The molecule has 3 aromatic rings. The van der Waals surface area contributed by atoms with Crippen LogP contribution in [0, 0.1) is 0 Å². The first-order chi connectivity index (χ1) is 14.0. The quantitative estimate of drug-likeness (QED) is 0.585. The Morgan fingerprint density at radius 1 is 0.931 bits per heavy atom. The van der Waals surface area contributed by atoms with Gasteiger partial charge in [-0.2, -0.15) is 13.9 Å². The zero-order valence-corrected chi connectivity index (χ0v) is 15.5. The number of alkyl halides is 2. The van der Waals surface area contributed by atoms with E-state index in [-0.39, 0.29) is 28.3 Å². The minimum absolute atomic E-state index is 0.0580. The zero-order chi connectivity index (χ0) is 21.0. The highest BCUT2D eigenvalue weighted by Crippen LogP contribution is 2.35. The second-order valence-corrected chi connectivity index (χ2v) is 5.68. The standard InChI is InChI=1S/C20H16F2N2O5/c1-27-18(25)15-16(13-10-6-7-11-14(13)29-20(21)22)23-24(17(15)19(26)28-2)12-8-4-3-5-9-12/h3-11,20H,1-2H3. The monoisotopic (exact) mass is 402 g/mol. The molecule has 0 N–H and O–H groups in total. The molecule has 0 unspecified atom stereocenters. The first kappa shape index (κ1) is 20.0. The van der Waals surface area contributed by atoms with Gasteiger partial charge in [0.15, 0.2) is 5.69 Å². The minimum atomic E-state index is -3.09. The van der Waals surface area contributed by atoms with E-state index in [2.05, 4.69) is 9.84 Å². The van der Waals surface area contributed by atoms with Crippen LogP contribution in [0.25, 0.3) is 16.9 Å². The lowest BCUT2D eigenvalue weighted by atomic mass is 10.0. The van der Waals surface area contributed by atoms with Gasteiger partial charge in [-0.05, 0) is 24.3 Å². The minimum Gasteiger partial charge on any atom is -0.465 e. The molecule has 29 heavy (non-hydrogen) atoms. The Labute approximate surface area is 164 Å². The van der Waals surface area contributed by atoms with E-state index < -0.39 is 18.6 Å². The average Bonchev–Trinajstić information content (AvgIpc) is 3.13. The van der Waals surface area contributed by atoms with E-state index in [1.54, 1.807) is 36.4 Å². The van der Waals surface area contributed by atoms with Crippen molar-refractivity contribution in [3.63, 3.8) is 0 Å². The molecule has 0 aliphatic rings.